The van der Waals surface area contributed by atoms with Crippen LogP contribution in [0, 0.1) is 0 Å². The summed E-state index contributed by atoms with van der Waals surface area (Å²) < 4.78 is 7.55. The van der Waals surface area contributed by atoms with Gasteiger partial charge in [0.25, 0.3) is 0 Å². The van der Waals surface area contributed by atoms with E-state index in [1.54, 1.807) is 18.9 Å². The molecule has 0 unspecified atom stereocenters. The first kappa shape index (κ1) is 14.0. The van der Waals surface area contributed by atoms with Crippen molar-refractivity contribution in [3.05, 3.63) is 53.3 Å². The SMILES string of the molecule is CC[n+]1ccccc1/C=C1\Sc2cc(OC)ccc2N1C. The van der Waals surface area contributed by atoms with Crippen molar-refractivity contribution in [1.29, 1.82) is 0 Å². The first-order valence-corrected chi connectivity index (χ1v) is 7.84. The highest BCUT2D eigenvalue weighted by Gasteiger charge is 2.23. The molecule has 0 saturated heterocycles. The Bertz CT molecular complexity index is 697. The summed E-state index contributed by atoms with van der Waals surface area (Å²) in [5.74, 6) is 0.902. The molecule has 4 heteroatoms. The van der Waals surface area contributed by atoms with Crippen molar-refractivity contribution in [2.75, 3.05) is 19.1 Å². The predicted octanol–water partition coefficient (Wildman–Crippen LogP) is 3.54. The van der Waals surface area contributed by atoms with E-state index in [0.29, 0.717) is 0 Å². The lowest BCUT2D eigenvalue weighted by Gasteiger charge is -2.13. The van der Waals surface area contributed by atoms with Gasteiger partial charge in [-0.1, -0.05) is 11.8 Å². The number of anilines is 1. The molecule has 1 aromatic carbocycles. The lowest BCUT2D eigenvalue weighted by molar-refractivity contribution is -0.695. The van der Waals surface area contributed by atoms with Gasteiger partial charge < -0.3 is 9.64 Å². The summed E-state index contributed by atoms with van der Waals surface area (Å²) in [6, 6.07) is 12.5. The van der Waals surface area contributed by atoms with Crippen molar-refractivity contribution < 1.29 is 9.30 Å². The molecule has 3 rings (SSSR count). The standard InChI is InChI=1S/C17H19N2OS/c1-4-19-10-6-5-7-13(19)11-17-18(2)15-9-8-14(20-3)12-16(15)21-17/h5-12H,4H2,1-3H3/q+1. The lowest BCUT2D eigenvalue weighted by atomic mass is 10.2. The van der Waals surface area contributed by atoms with Gasteiger partial charge in [0.2, 0.25) is 5.69 Å². The van der Waals surface area contributed by atoms with Crippen LogP contribution in [0.3, 0.4) is 0 Å². The van der Waals surface area contributed by atoms with Crippen LogP contribution in [0.25, 0.3) is 6.08 Å². The van der Waals surface area contributed by atoms with Gasteiger partial charge in [0.1, 0.15) is 12.3 Å². The molecule has 108 valence electrons. The van der Waals surface area contributed by atoms with Gasteiger partial charge >= 0.3 is 0 Å². The molecule has 0 saturated carbocycles. The van der Waals surface area contributed by atoms with Crippen LogP contribution in [-0.2, 0) is 6.54 Å². The highest BCUT2D eigenvalue weighted by molar-refractivity contribution is 8.03. The fourth-order valence-electron chi connectivity index (χ4n) is 2.44. The number of methoxy groups -OCH3 is 1. The van der Waals surface area contributed by atoms with E-state index in [2.05, 4.69) is 66.0 Å². The van der Waals surface area contributed by atoms with Crippen molar-refractivity contribution in [3.63, 3.8) is 0 Å². The fraction of sp³-hybridized carbons (Fsp3) is 0.235. The van der Waals surface area contributed by atoms with E-state index in [1.165, 1.54) is 21.3 Å². The quantitative estimate of drug-likeness (QED) is 0.807. The largest absolute Gasteiger partial charge is 0.497 e. The van der Waals surface area contributed by atoms with Crippen LogP contribution in [0.15, 0.2) is 52.5 Å². The number of fused-ring (bicyclic) bond motifs is 1. The summed E-state index contributed by atoms with van der Waals surface area (Å²) >= 11 is 1.78. The van der Waals surface area contributed by atoms with Crippen LogP contribution >= 0.6 is 11.8 Å². The Labute approximate surface area is 129 Å². The average molecular weight is 299 g/mol. The van der Waals surface area contributed by atoms with Gasteiger partial charge in [-0.3, -0.25) is 0 Å². The third-order valence-electron chi connectivity index (χ3n) is 3.66. The Hall–Kier alpha value is -1.94. The van der Waals surface area contributed by atoms with Crippen LogP contribution in [0.5, 0.6) is 5.75 Å². The lowest BCUT2D eigenvalue weighted by Crippen LogP contribution is -2.35. The van der Waals surface area contributed by atoms with E-state index in [1.807, 2.05) is 6.07 Å². The highest BCUT2D eigenvalue weighted by atomic mass is 32.2. The van der Waals surface area contributed by atoms with Gasteiger partial charge in [-0.05, 0) is 31.2 Å². The number of ether oxygens (including phenoxy) is 1. The van der Waals surface area contributed by atoms with Gasteiger partial charge in [0.15, 0.2) is 6.20 Å². The molecule has 1 aliphatic heterocycles. The van der Waals surface area contributed by atoms with Gasteiger partial charge in [-0.15, -0.1) is 0 Å². The van der Waals surface area contributed by atoms with E-state index in [0.717, 1.165) is 12.3 Å². The molecule has 1 aromatic heterocycles. The van der Waals surface area contributed by atoms with E-state index >= 15 is 0 Å². The molecule has 0 N–H and O–H groups in total. The van der Waals surface area contributed by atoms with Crippen molar-refractivity contribution in [1.82, 2.24) is 0 Å². The summed E-state index contributed by atoms with van der Waals surface area (Å²) in [5, 5.41) is 1.23. The zero-order valence-corrected chi connectivity index (χ0v) is 13.4. The third kappa shape index (κ3) is 2.63. The zero-order valence-electron chi connectivity index (χ0n) is 12.5. The van der Waals surface area contributed by atoms with Gasteiger partial charge in [-0.25, -0.2) is 0 Å². The monoisotopic (exact) mass is 299 g/mol. The Morgan fingerprint density at radius 3 is 2.90 bits per heavy atom. The van der Waals surface area contributed by atoms with Crippen LogP contribution < -0.4 is 14.2 Å². The van der Waals surface area contributed by atoms with Crippen LogP contribution in [0.4, 0.5) is 5.69 Å². The molecule has 0 atom stereocenters. The first-order chi connectivity index (χ1) is 10.2. The van der Waals surface area contributed by atoms with Crippen molar-refractivity contribution >= 4 is 23.5 Å². The number of aromatic nitrogens is 1. The topological polar surface area (TPSA) is 16.4 Å². The summed E-state index contributed by atoms with van der Waals surface area (Å²) in [6.07, 6.45) is 4.35. The van der Waals surface area contributed by atoms with Crippen molar-refractivity contribution in [2.24, 2.45) is 0 Å². The number of hydrogen-bond acceptors (Lipinski definition) is 3. The highest BCUT2D eigenvalue weighted by Crippen LogP contribution is 2.46. The number of hydrogen-bond donors (Lipinski definition) is 0. The van der Waals surface area contributed by atoms with Gasteiger partial charge in [0, 0.05) is 30.2 Å². The summed E-state index contributed by atoms with van der Waals surface area (Å²) in [4.78, 5) is 3.47. The maximum atomic E-state index is 5.31. The van der Waals surface area contributed by atoms with E-state index in [-0.39, 0.29) is 0 Å². The molecule has 2 aromatic rings. The van der Waals surface area contributed by atoms with Crippen molar-refractivity contribution in [2.45, 2.75) is 18.4 Å². The first-order valence-electron chi connectivity index (χ1n) is 7.02. The zero-order chi connectivity index (χ0) is 14.8. The number of nitrogens with zero attached hydrogens (tertiary/aromatic N) is 2. The molecule has 21 heavy (non-hydrogen) atoms. The summed E-state index contributed by atoms with van der Waals surface area (Å²) in [6.45, 7) is 3.13. The summed E-state index contributed by atoms with van der Waals surface area (Å²) in [7, 11) is 3.81. The number of thioether (sulfide) groups is 1. The predicted molar refractivity (Wildman–Crippen MR) is 87.5 cm³/mol. The molecule has 0 radical (unpaired) electrons. The Kier molecular flexibility index (Phi) is 3.88. The van der Waals surface area contributed by atoms with Crippen molar-refractivity contribution in [3.8, 4) is 5.75 Å². The van der Waals surface area contributed by atoms with Gasteiger partial charge in [0.05, 0.1) is 17.8 Å². The number of pyridine rings is 1. The third-order valence-corrected chi connectivity index (χ3v) is 4.81. The van der Waals surface area contributed by atoms with Crippen LogP contribution in [0.2, 0.25) is 0 Å². The normalized spacial score (nSPS) is 15.4. The molecule has 0 spiro atoms. The fourth-order valence-corrected chi connectivity index (χ4v) is 3.57. The minimum absolute atomic E-state index is 0.902. The Balaban J connectivity index is 1.97. The van der Waals surface area contributed by atoms with Crippen LogP contribution in [0.1, 0.15) is 12.6 Å². The maximum absolute atomic E-state index is 5.31. The molecular formula is C17H19N2OS+. The van der Waals surface area contributed by atoms with Gasteiger partial charge in [-0.2, -0.15) is 4.57 Å². The molecule has 3 nitrogen and oxygen atoms in total. The number of rotatable bonds is 3. The Morgan fingerprint density at radius 1 is 1.29 bits per heavy atom. The summed E-state index contributed by atoms with van der Waals surface area (Å²) in [5.41, 5.74) is 2.44. The second-order valence-corrected chi connectivity index (χ2v) is 5.95. The molecule has 0 bridgehead atoms. The second-order valence-electron chi connectivity index (χ2n) is 4.89. The second kappa shape index (κ2) is 5.82. The number of aryl methyl sites for hydroxylation is 1. The average Bonchev–Trinajstić information content (AvgIpc) is 2.83. The molecule has 0 fully saturated rings. The molecule has 1 aliphatic rings. The molecule has 2 heterocycles. The number of benzene rings is 1. The molecule has 0 aliphatic carbocycles. The van der Waals surface area contributed by atoms with E-state index < -0.39 is 0 Å². The minimum atomic E-state index is 0.902. The van der Waals surface area contributed by atoms with E-state index in [9.17, 15) is 0 Å². The smallest absolute Gasteiger partial charge is 0.207 e. The maximum Gasteiger partial charge on any atom is 0.207 e. The minimum Gasteiger partial charge on any atom is -0.497 e. The Morgan fingerprint density at radius 2 is 2.14 bits per heavy atom. The molecule has 0 amide bonds. The van der Waals surface area contributed by atoms with E-state index in [4.69, 9.17) is 4.74 Å². The molecular weight excluding hydrogens is 280 g/mol. The van der Waals surface area contributed by atoms with Crippen LogP contribution in [-0.4, -0.2) is 14.2 Å².